The molecule has 0 bridgehead atoms. The lowest BCUT2D eigenvalue weighted by Crippen LogP contribution is -1.98. The molecule has 2 heterocycles. The second-order valence-electron chi connectivity index (χ2n) is 7.49. The van der Waals surface area contributed by atoms with E-state index in [2.05, 4.69) is 44.8 Å². The maximum Gasteiger partial charge on any atom is 0.165 e. The number of ether oxygens (including phenoxy) is 1. The molecule has 0 saturated carbocycles. The van der Waals surface area contributed by atoms with Gasteiger partial charge in [-0.1, -0.05) is 46.3 Å². The minimum absolute atomic E-state index is 0.241. The standard InChI is InChI=1S/C24H28FNOS/c1-6-15(3)12-18(17(5)7-2)23-14-20-24(28-23)22(10-11-26-20)27-21-9-8-16(4)13-19(21)25/h8-15,17H,6-7H2,1-5H3/b18-12+. The first-order valence-electron chi connectivity index (χ1n) is 9.97. The van der Waals surface area contributed by atoms with Crippen LogP contribution in [-0.4, -0.2) is 4.98 Å². The van der Waals surface area contributed by atoms with Crippen molar-refractivity contribution in [1.82, 2.24) is 4.98 Å². The lowest BCUT2D eigenvalue weighted by atomic mass is 9.93. The summed E-state index contributed by atoms with van der Waals surface area (Å²) in [6.07, 6.45) is 6.31. The van der Waals surface area contributed by atoms with Crippen LogP contribution in [0.15, 0.2) is 42.6 Å². The Balaban J connectivity index is 2.03. The number of halogens is 1. The summed E-state index contributed by atoms with van der Waals surface area (Å²) in [5.41, 5.74) is 3.13. The number of pyridine rings is 1. The Bertz CT molecular complexity index is 991. The van der Waals surface area contributed by atoms with E-state index in [0.717, 1.165) is 28.6 Å². The van der Waals surface area contributed by atoms with Crippen molar-refractivity contribution in [3.05, 3.63) is 58.9 Å². The van der Waals surface area contributed by atoms with Gasteiger partial charge in [-0.25, -0.2) is 4.39 Å². The molecule has 0 aliphatic carbocycles. The number of nitrogens with zero attached hydrogens (tertiary/aromatic N) is 1. The van der Waals surface area contributed by atoms with Gasteiger partial charge in [0.25, 0.3) is 0 Å². The normalized spacial score (nSPS) is 14.3. The zero-order valence-corrected chi connectivity index (χ0v) is 18.1. The monoisotopic (exact) mass is 397 g/mol. The molecule has 3 aromatic rings. The van der Waals surface area contributed by atoms with Gasteiger partial charge in [-0.15, -0.1) is 11.3 Å². The second kappa shape index (κ2) is 8.87. The van der Waals surface area contributed by atoms with Crippen LogP contribution in [0.1, 0.15) is 51.0 Å². The Labute approximate surface area is 171 Å². The number of allylic oxidation sites excluding steroid dienone is 2. The molecule has 0 radical (unpaired) electrons. The number of rotatable bonds is 7. The lowest BCUT2D eigenvalue weighted by Gasteiger charge is -2.15. The summed E-state index contributed by atoms with van der Waals surface area (Å²) in [4.78, 5) is 5.74. The van der Waals surface area contributed by atoms with Gasteiger partial charge in [0.2, 0.25) is 0 Å². The summed E-state index contributed by atoms with van der Waals surface area (Å²) in [6, 6.07) is 8.97. The molecule has 4 heteroatoms. The van der Waals surface area contributed by atoms with Crippen LogP contribution in [0, 0.1) is 24.6 Å². The van der Waals surface area contributed by atoms with E-state index >= 15 is 0 Å². The highest BCUT2D eigenvalue weighted by atomic mass is 32.1. The number of fused-ring (bicyclic) bond motifs is 1. The molecule has 28 heavy (non-hydrogen) atoms. The number of benzene rings is 1. The predicted molar refractivity (Wildman–Crippen MR) is 118 cm³/mol. The minimum Gasteiger partial charge on any atom is -0.453 e. The number of hydrogen-bond donors (Lipinski definition) is 0. The van der Waals surface area contributed by atoms with Crippen molar-refractivity contribution in [3.63, 3.8) is 0 Å². The minimum atomic E-state index is -0.348. The van der Waals surface area contributed by atoms with E-state index in [1.165, 1.54) is 16.5 Å². The molecular weight excluding hydrogens is 369 g/mol. The molecule has 0 saturated heterocycles. The number of aryl methyl sites for hydroxylation is 1. The topological polar surface area (TPSA) is 22.1 Å². The molecule has 2 aromatic heterocycles. The molecule has 3 rings (SSSR count). The van der Waals surface area contributed by atoms with E-state index in [4.69, 9.17) is 4.74 Å². The number of hydrogen-bond acceptors (Lipinski definition) is 3. The van der Waals surface area contributed by atoms with Gasteiger partial charge in [0.1, 0.15) is 5.75 Å². The van der Waals surface area contributed by atoms with Crippen LogP contribution in [-0.2, 0) is 0 Å². The third-order valence-electron chi connectivity index (χ3n) is 5.22. The van der Waals surface area contributed by atoms with Crippen molar-refractivity contribution in [2.75, 3.05) is 0 Å². The van der Waals surface area contributed by atoms with E-state index in [0.29, 0.717) is 17.6 Å². The Kier molecular flexibility index (Phi) is 6.50. The molecule has 148 valence electrons. The third kappa shape index (κ3) is 4.44. The summed E-state index contributed by atoms with van der Waals surface area (Å²) in [7, 11) is 0. The van der Waals surface area contributed by atoms with Gasteiger partial charge in [-0.05, 0) is 54.5 Å². The molecule has 0 amide bonds. The number of thiophene rings is 1. The van der Waals surface area contributed by atoms with E-state index in [1.54, 1.807) is 23.6 Å². The highest BCUT2D eigenvalue weighted by Gasteiger charge is 2.17. The van der Waals surface area contributed by atoms with Crippen LogP contribution >= 0.6 is 11.3 Å². The molecule has 2 atom stereocenters. The number of aromatic nitrogens is 1. The maximum atomic E-state index is 14.3. The summed E-state index contributed by atoms with van der Waals surface area (Å²) in [5.74, 6) is 1.54. The summed E-state index contributed by atoms with van der Waals surface area (Å²) < 4.78 is 21.1. The van der Waals surface area contributed by atoms with E-state index in [9.17, 15) is 4.39 Å². The lowest BCUT2D eigenvalue weighted by molar-refractivity contribution is 0.446. The van der Waals surface area contributed by atoms with Gasteiger partial charge in [0, 0.05) is 17.1 Å². The zero-order valence-electron chi connectivity index (χ0n) is 17.3. The van der Waals surface area contributed by atoms with Crippen LogP contribution in [0.3, 0.4) is 0 Å². The van der Waals surface area contributed by atoms with Crippen molar-refractivity contribution < 1.29 is 9.13 Å². The Morgan fingerprint density at radius 1 is 1.14 bits per heavy atom. The van der Waals surface area contributed by atoms with Gasteiger partial charge in [0.15, 0.2) is 11.6 Å². The van der Waals surface area contributed by atoms with Crippen molar-refractivity contribution in [3.8, 4) is 11.5 Å². The highest BCUT2D eigenvalue weighted by Crippen LogP contribution is 2.40. The average molecular weight is 398 g/mol. The summed E-state index contributed by atoms with van der Waals surface area (Å²) >= 11 is 1.68. The van der Waals surface area contributed by atoms with Crippen LogP contribution < -0.4 is 4.74 Å². The van der Waals surface area contributed by atoms with Crippen molar-refractivity contribution >= 4 is 27.1 Å². The molecule has 0 aliphatic heterocycles. The maximum absolute atomic E-state index is 14.3. The van der Waals surface area contributed by atoms with Crippen molar-refractivity contribution in [1.29, 1.82) is 0 Å². The first kappa shape index (κ1) is 20.5. The van der Waals surface area contributed by atoms with Crippen LogP contribution in [0.25, 0.3) is 15.8 Å². The highest BCUT2D eigenvalue weighted by molar-refractivity contribution is 7.20. The Hall–Kier alpha value is -2.20. The summed E-state index contributed by atoms with van der Waals surface area (Å²) in [6.45, 7) is 10.8. The molecular formula is C24H28FNOS. The summed E-state index contributed by atoms with van der Waals surface area (Å²) in [5, 5.41) is 0. The largest absolute Gasteiger partial charge is 0.453 e. The first-order valence-corrected chi connectivity index (χ1v) is 10.8. The fourth-order valence-electron chi connectivity index (χ4n) is 3.08. The third-order valence-corrected chi connectivity index (χ3v) is 6.41. The first-order chi connectivity index (χ1) is 13.4. The van der Waals surface area contributed by atoms with Gasteiger partial charge < -0.3 is 4.74 Å². The quantitative estimate of drug-likeness (QED) is 0.403. The molecule has 0 spiro atoms. The average Bonchev–Trinajstić information content (AvgIpc) is 3.12. The molecule has 1 aromatic carbocycles. The molecule has 0 N–H and O–H groups in total. The van der Waals surface area contributed by atoms with Crippen LogP contribution in [0.5, 0.6) is 11.5 Å². The Morgan fingerprint density at radius 3 is 2.61 bits per heavy atom. The molecule has 2 nitrogen and oxygen atoms in total. The van der Waals surface area contributed by atoms with E-state index in [1.807, 2.05) is 19.1 Å². The Morgan fingerprint density at radius 2 is 1.93 bits per heavy atom. The molecule has 0 aliphatic rings. The van der Waals surface area contributed by atoms with Crippen LogP contribution in [0.4, 0.5) is 4.39 Å². The van der Waals surface area contributed by atoms with E-state index in [-0.39, 0.29) is 11.6 Å². The van der Waals surface area contributed by atoms with Gasteiger partial charge >= 0.3 is 0 Å². The van der Waals surface area contributed by atoms with Gasteiger partial charge in [0.05, 0.1) is 10.2 Å². The van der Waals surface area contributed by atoms with Crippen LogP contribution in [0.2, 0.25) is 0 Å². The van der Waals surface area contributed by atoms with Gasteiger partial charge in [-0.3, -0.25) is 4.98 Å². The molecule has 2 unspecified atom stereocenters. The van der Waals surface area contributed by atoms with E-state index < -0.39 is 0 Å². The fraction of sp³-hybridized carbons (Fsp3) is 0.375. The smallest absolute Gasteiger partial charge is 0.165 e. The fourth-order valence-corrected chi connectivity index (χ4v) is 4.28. The van der Waals surface area contributed by atoms with Crippen molar-refractivity contribution in [2.24, 2.45) is 11.8 Å². The van der Waals surface area contributed by atoms with Gasteiger partial charge in [-0.2, -0.15) is 0 Å². The van der Waals surface area contributed by atoms with Crippen molar-refractivity contribution in [2.45, 2.75) is 47.5 Å². The predicted octanol–water partition coefficient (Wildman–Crippen LogP) is 8.01. The second-order valence-corrected chi connectivity index (χ2v) is 8.54. The zero-order chi connectivity index (χ0) is 20.3. The molecule has 0 fully saturated rings. The SMILES string of the molecule is CCC(C)/C=C(/c1cc2nccc(Oc3ccc(C)cc3F)c2s1)C(C)CC.